The van der Waals surface area contributed by atoms with E-state index in [9.17, 15) is 9.18 Å². The molecule has 2 aromatic rings. The monoisotopic (exact) mass is 358 g/mol. The molecule has 0 saturated heterocycles. The summed E-state index contributed by atoms with van der Waals surface area (Å²) >= 11 is 1.51. The van der Waals surface area contributed by atoms with Crippen molar-refractivity contribution in [3.8, 4) is 0 Å². The van der Waals surface area contributed by atoms with Crippen LogP contribution in [0.1, 0.15) is 22.9 Å². The summed E-state index contributed by atoms with van der Waals surface area (Å²) in [5.41, 5.74) is 7.94. The summed E-state index contributed by atoms with van der Waals surface area (Å²) in [6.45, 7) is 0.655. The lowest BCUT2D eigenvalue weighted by Crippen LogP contribution is -2.16. The van der Waals surface area contributed by atoms with E-state index in [1.807, 2.05) is 25.2 Å². The highest BCUT2D eigenvalue weighted by Crippen LogP contribution is 2.47. The van der Waals surface area contributed by atoms with E-state index in [0.717, 1.165) is 11.3 Å². The van der Waals surface area contributed by atoms with Crippen molar-refractivity contribution in [2.24, 2.45) is 5.73 Å². The van der Waals surface area contributed by atoms with E-state index in [1.165, 1.54) is 23.9 Å². The van der Waals surface area contributed by atoms with E-state index in [2.05, 4.69) is 15.6 Å². The van der Waals surface area contributed by atoms with Gasteiger partial charge in [0.15, 0.2) is 0 Å². The lowest BCUT2D eigenvalue weighted by molar-refractivity contribution is -0.114. The van der Waals surface area contributed by atoms with Crippen molar-refractivity contribution < 1.29 is 9.18 Å². The predicted octanol–water partition coefficient (Wildman–Crippen LogP) is 2.93. The van der Waals surface area contributed by atoms with E-state index in [4.69, 9.17) is 5.73 Å². The average molecular weight is 358 g/mol. The number of primary amides is 1. The number of halogens is 1. The number of nitrogens with two attached hydrogens (primary N) is 1. The summed E-state index contributed by atoms with van der Waals surface area (Å²) < 4.78 is 13.1. The van der Waals surface area contributed by atoms with Gasteiger partial charge in [-0.3, -0.25) is 4.79 Å². The van der Waals surface area contributed by atoms with Crippen LogP contribution in [-0.4, -0.2) is 17.9 Å². The maximum atomic E-state index is 13.1. The van der Waals surface area contributed by atoms with Crippen LogP contribution in [-0.2, 0) is 11.3 Å². The first-order valence-corrected chi connectivity index (χ1v) is 8.77. The molecule has 0 saturated carbocycles. The normalized spacial score (nSPS) is 17.0. The largest absolute Gasteiger partial charge is 0.366 e. The number of carbonyl (C=O) groups excluding carboxylic acids is 1. The van der Waals surface area contributed by atoms with Crippen molar-refractivity contribution in [1.29, 1.82) is 0 Å². The quantitative estimate of drug-likeness (QED) is 0.740. The third kappa shape index (κ3) is 4.18. The molecule has 1 aromatic carbocycles. The zero-order valence-corrected chi connectivity index (χ0v) is 14.6. The van der Waals surface area contributed by atoms with Gasteiger partial charge in [-0.1, -0.05) is 30.0 Å². The summed E-state index contributed by atoms with van der Waals surface area (Å²) in [4.78, 5) is 16.3. The van der Waals surface area contributed by atoms with E-state index < -0.39 is 5.91 Å². The van der Waals surface area contributed by atoms with Crippen LogP contribution in [0.25, 0.3) is 0 Å². The molecule has 0 aliphatic carbocycles. The van der Waals surface area contributed by atoms with Gasteiger partial charge in [-0.2, -0.15) is 0 Å². The first kappa shape index (κ1) is 17.4. The maximum absolute atomic E-state index is 13.1. The third-order valence-electron chi connectivity index (χ3n) is 3.87. The van der Waals surface area contributed by atoms with Crippen LogP contribution < -0.4 is 16.4 Å². The first-order valence-electron chi connectivity index (χ1n) is 7.89. The van der Waals surface area contributed by atoms with Crippen LogP contribution >= 0.6 is 11.8 Å². The highest BCUT2D eigenvalue weighted by atomic mass is 32.2. The van der Waals surface area contributed by atoms with Crippen LogP contribution in [0.5, 0.6) is 0 Å². The zero-order chi connectivity index (χ0) is 17.8. The number of thioether (sulfide) groups is 1. The molecule has 0 spiro atoms. The lowest BCUT2D eigenvalue weighted by atomic mass is 10.0. The molecule has 1 aliphatic rings. The SMILES string of the molecule is CNCc1cccc(NC2=C(C(N)=O)CC(c3ccc(F)cc3)S2)n1. The molecule has 1 amide bonds. The Bertz CT molecular complexity index is 807. The molecule has 3 rings (SSSR count). The van der Waals surface area contributed by atoms with Crippen LogP contribution in [0.4, 0.5) is 10.2 Å². The van der Waals surface area contributed by atoms with Gasteiger partial charge < -0.3 is 16.4 Å². The molecule has 4 N–H and O–H groups in total. The zero-order valence-electron chi connectivity index (χ0n) is 13.8. The molecule has 5 nitrogen and oxygen atoms in total. The Hall–Kier alpha value is -2.38. The van der Waals surface area contributed by atoms with Crippen molar-refractivity contribution >= 4 is 23.5 Å². The number of aromatic nitrogens is 1. The minimum atomic E-state index is -0.453. The summed E-state index contributed by atoms with van der Waals surface area (Å²) in [5, 5.41) is 6.99. The van der Waals surface area contributed by atoms with Gasteiger partial charge in [0.2, 0.25) is 5.91 Å². The van der Waals surface area contributed by atoms with Gasteiger partial charge in [-0.05, 0) is 43.3 Å². The van der Waals surface area contributed by atoms with Crippen molar-refractivity contribution in [1.82, 2.24) is 10.3 Å². The number of benzene rings is 1. The fourth-order valence-corrected chi connectivity index (χ4v) is 3.98. The average Bonchev–Trinajstić information content (AvgIpc) is 3.00. The molecule has 0 bridgehead atoms. The summed E-state index contributed by atoms with van der Waals surface area (Å²) in [6.07, 6.45) is 0.504. The van der Waals surface area contributed by atoms with Gasteiger partial charge in [0.1, 0.15) is 11.6 Å². The minimum Gasteiger partial charge on any atom is -0.366 e. The molecule has 0 radical (unpaired) electrons. The molecule has 2 heterocycles. The van der Waals surface area contributed by atoms with E-state index in [1.54, 1.807) is 12.1 Å². The van der Waals surface area contributed by atoms with Crippen molar-refractivity contribution in [2.75, 3.05) is 12.4 Å². The summed E-state index contributed by atoms with van der Waals surface area (Å²) in [5.74, 6) is -0.0709. The number of hydrogen-bond donors (Lipinski definition) is 3. The first-order chi connectivity index (χ1) is 12.1. The second-order valence-corrected chi connectivity index (χ2v) is 6.92. The number of pyridine rings is 1. The second kappa shape index (κ2) is 7.67. The van der Waals surface area contributed by atoms with Crippen LogP contribution in [0.15, 0.2) is 53.1 Å². The highest BCUT2D eigenvalue weighted by molar-refractivity contribution is 8.03. The highest BCUT2D eigenvalue weighted by Gasteiger charge is 2.29. The smallest absolute Gasteiger partial charge is 0.247 e. The third-order valence-corrected chi connectivity index (χ3v) is 5.18. The molecule has 1 aromatic heterocycles. The number of nitrogens with one attached hydrogen (secondary N) is 2. The van der Waals surface area contributed by atoms with Crippen LogP contribution in [0.3, 0.4) is 0 Å². The number of rotatable bonds is 6. The molecular weight excluding hydrogens is 339 g/mol. The van der Waals surface area contributed by atoms with Gasteiger partial charge in [-0.15, -0.1) is 0 Å². The maximum Gasteiger partial charge on any atom is 0.247 e. The standard InChI is InChI=1S/C18H19FN4OS/c1-21-10-13-3-2-4-16(22-13)23-18-14(17(20)24)9-15(25-18)11-5-7-12(19)8-6-11/h2-8,15,21H,9-10H2,1H3,(H2,20,24)(H,22,23). The molecular formula is C18H19FN4OS. The number of anilines is 1. The molecule has 1 aliphatic heterocycles. The Morgan fingerprint density at radius 3 is 2.76 bits per heavy atom. The molecule has 1 atom stereocenters. The van der Waals surface area contributed by atoms with Gasteiger partial charge in [0, 0.05) is 17.4 Å². The van der Waals surface area contributed by atoms with Crippen LogP contribution in [0.2, 0.25) is 0 Å². The van der Waals surface area contributed by atoms with Crippen molar-refractivity contribution in [3.05, 3.63) is 70.1 Å². The summed E-state index contributed by atoms with van der Waals surface area (Å²) in [7, 11) is 1.86. The Morgan fingerprint density at radius 1 is 1.32 bits per heavy atom. The fraction of sp³-hybridized carbons (Fsp3) is 0.222. The topological polar surface area (TPSA) is 80.0 Å². The molecule has 0 fully saturated rings. The van der Waals surface area contributed by atoms with Gasteiger partial charge in [0.25, 0.3) is 0 Å². The Labute approximate surface area is 149 Å². The minimum absolute atomic E-state index is 0.0195. The number of hydrogen-bond acceptors (Lipinski definition) is 5. The second-order valence-electron chi connectivity index (χ2n) is 5.70. The van der Waals surface area contributed by atoms with Crippen molar-refractivity contribution in [2.45, 2.75) is 18.2 Å². The lowest BCUT2D eigenvalue weighted by Gasteiger charge is -2.11. The Morgan fingerprint density at radius 2 is 2.08 bits per heavy atom. The Balaban J connectivity index is 1.80. The molecule has 25 heavy (non-hydrogen) atoms. The van der Waals surface area contributed by atoms with Gasteiger partial charge in [0.05, 0.1) is 10.7 Å². The number of amides is 1. The molecule has 7 heteroatoms. The number of nitrogens with zero attached hydrogens (tertiary/aromatic N) is 1. The fourth-order valence-electron chi connectivity index (χ4n) is 2.66. The molecule has 130 valence electrons. The molecule has 1 unspecified atom stereocenters. The number of carbonyl (C=O) groups is 1. The predicted molar refractivity (Wildman–Crippen MR) is 98.2 cm³/mol. The Kier molecular flexibility index (Phi) is 5.35. The van der Waals surface area contributed by atoms with Gasteiger partial charge in [-0.25, -0.2) is 9.37 Å². The van der Waals surface area contributed by atoms with Crippen LogP contribution in [0, 0.1) is 5.82 Å². The van der Waals surface area contributed by atoms with E-state index in [0.29, 0.717) is 29.4 Å². The van der Waals surface area contributed by atoms with Gasteiger partial charge >= 0.3 is 0 Å². The van der Waals surface area contributed by atoms with Crippen molar-refractivity contribution in [3.63, 3.8) is 0 Å². The summed E-state index contributed by atoms with van der Waals surface area (Å²) in [6, 6.07) is 12.0. The van der Waals surface area contributed by atoms with E-state index in [-0.39, 0.29) is 11.1 Å². The van der Waals surface area contributed by atoms with E-state index >= 15 is 0 Å².